The molecule has 0 bridgehead atoms. The molecule has 2 saturated carbocycles. The summed E-state index contributed by atoms with van der Waals surface area (Å²) in [7, 11) is 0. The molecule has 0 atom stereocenters. The molecule has 2 aliphatic rings. The first kappa shape index (κ1) is 19.7. The molecule has 2 aliphatic carbocycles. The highest BCUT2D eigenvalue weighted by Crippen LogP contribution is 2.42. The molecule has 26 heavy (non-hydrogen) atoms. The van der Waals surface area contributed by atoms with Crippen LogP contribution in [-0.4, -0.2) is 4.98 Å². The van der Waals surface area contributed by atoms with Gasteiger partial charge in [0.2, 0.25) is 0 Å². The molecule has 0 amide bonds. The summed E-state index contributed by atoms with van der Waals surface area (Å²) in [6.45, 7) is 2.32. The average molecular weight is 367 g/mol. The maximum absolute atomic E-state index is 12.6. The molecule has 0 unspecified atom stereocenters. The molecule has 0 radical (unpaired) electrons. The van der Waals surface area contributed by atoms with Gasteiger partial charge in [-0.2, -0.15) is 13.2 Å². The van der Waals surface area contributed by atoms with Crippen molar-refractivity contribution in [1.82, 2.24) is 4.98 Å². The highest BCUT2D eigenvalue weighted by atomic mass is 19.4. The van der Waals surface area contributed by atoms with Crippen molar-refractivity contribution in [2.75, 3.05) is 0 Å². The first-order valence-corrected chi connectivity index (χ1v) is 10.5. The largest absolute Gasteiger partial charge is 0.433 e. The standard InChI is InChI=1S/C22H32F3N/c1-2-16-5-10-19(11-6-16)20-12-7-17(8-13-20)3-4-18-9-14-21(26-15-18)22(23,24)25/h9,14-17,19-20H,2-8,10-13H2,1H3/t16-,17-,19-,20-. The van der Waals surface area contributed by atoms with Crippen molar-refractivity contribution in [3.05, 3.63) is 29.6 Å². The minimum atomic E-state index is -4.34. The minimum absolute atomic E-state index is 0.737. The number of hydrogen-bond acceptors (Lipinski definition) is 1. The van der Waals surface area contributed by atoms with Crippen molar-refractivity contribution >= 4 is 0 Å². The van der Waals surface area contributed by atoms with Gasteiger partial charge in [-0.25, -0.2) is 0 Å². The summed E-state index contributed by atoms with van der Waals surface area (Å²) in [6.07, 6.45) is 11.4. The second-order valence-electron chi connectivity index (χ2n) is 8.56. The molecule has 1 nitrogen and oxygen atoms in total. The van der Waals surface area contributed by atoms with Crippen LogP contribution in [0.15, 0.2) is 18.3 Å². The van der Waals surface area contributed by atoms with Crippen LogP contribution >= 0.6 is 0 Å². The predicted molar refractivity (Wildman–Crippen MR) is 98.7 cm³/mol. The second-order valence-corrected chi connectivity index (χ2v) is 8.56. The molecule has 0 aliphatic heterocycles. The van der Waals surface area contributed by atoms with E-state index >= 15 is 0 Å². The Morgan fingerprint density at radius 2 is 1.46 bits per heavy atom. The third-order valence-corrected chi connectivity index (χ3v) is 6.98. The van der Waals surface area contributed by atoms with Gasteiger partial charge in [-0.1, -0.05) is 45.1 Å². The molecular formula is C22H32F3N. The quantitative estimate of drug-likeness (QED) is 0.543. The van der Waals surface area contributed by atoms with Crippen molar-refractivity contribution in [1.29, 1.82) is 0 Å². The third-order valence-electron chi connectivity index (χ3n) is 6.98. The molecule has 3 rings (SSSR count). The summed E-state index contributed by atoms with van der Waals surface area (Å²) in [6, 6.07) is 2.70. The van der Waals surface area contributed by atoms with E-state index in [2.05, 4.69) is 11.9 Å². The molecule has 0 N–H and O–H groups in total. The maximum Gasteiger partial charge on any atom is 0.433 e. The topological polar surface area (TPSA) is 12.9 Å². The molecule has 1 heterocycles. The van der Waals surface area contributed by atoms with Gasteiger partial charge in [-0.3, -0.25) is 4.98 Å². The zero-order valence-corrected chi connectivity index (χ0v) is 15.9. The maximum atomic E-state index is 12.6. The lowest BCUT2D eigenvalue weighted by Crippen LogP contribution is -2.25. The Labute approximate surface area is 155 Å². The van der Waals surface area contributed by atoms with Crippen molar-refractivity contribution < 1.29 is 13.2 Å². The number of alkyl halides is 3. The molecule has 0 saturated heterocycles. The Morgan fingerprint density at radius 1 is 0.885 bits per heavy atom. The smallest absolute Gasteiger partial charge is 0.252 e. The summed E-state index contributed by atoms with van der Waals surface area (Å²) in [5.74, 6) is 3.59. The number of nitrogens with zero attached hydrogens (tertiary/aromatic N) is 1. The summed E-state index contributed by atoms with van der Waals surface area (Å²) in [5, 5.41) is 0. The number of rotatable bonds is 5. The summed E-state index contributed by atoms with van der Waals surface area (Å²) in [4.78, 5) is 3.58. The van der Waals surface area contributed by atoms with E-state index in [0.29, 0.717) is 0 Å². The molecule has 0 spiro atoms. The van der Waals surface area contributed by atoms with Gasteiger partial charge in [-0.15, -0.1) is 0 Å². The van der Waals surface area contributed by atoms with Gasteiger partial charge in [0.15, 0.2) is 0 Å². The fourth-order valence-corrected chi connectivity index (χ4v) is 5.13. The van der Waals surface area contributed by atoms with Gasteiger partial charge in [-0.05, 0) is 73.8 Å². The minimum Gasteiger partial charge on any atom is -0.252 e. The average Bonchev–Trinajstić information content (AvgIpc) is 2.66. The van der Waals surface area contributed by atoms with Crippen LogP contribution in [0, 0.1) is 23.7 Å². The first-order valence-electron chi connectivity index (χ1n) is 10.5. The molecular weight excluding hydrogens is 335 g/mol. The van der Waals surface area contributed by atoms with Crippen LogP contribution < -0.4 is 0 Å². The fraction of sp³-hybridized carbons (Fsp3) is 0.773. The number of aryl methyl sites for hydroxylation is 1. The molecule has 2 fully saturated rings. The Hall–Kier alpha value is -1.06. The van der Waals surface area contributed by atoms with Gasteiger partial charge >= 0.3 is 6.18 Å². The Kier molecular flexibility index (Phi) is 6.63. The molecule has 146 valence electrons. The summed E-state index contributed by atoms with van der Waals surface area (Å²) in [5.41, 5.74) is 0.137. The monoisotopic (exact) mass is 367 g/mol. The fourth-order valence-electron chi connectivity index (χ4n) is 5.13. The van der Waals surface area contributed by atoms with Crippen LogP contribution in [0.4, 0.5) is 13.2 Å². The van der Waals surface area contributed by atoms with E-state index in [9.17, 15) is 13.2 Å². The van der Waals surface area contributed by atoms with Crippen LogP contribution in [0.25, 0.3) is 0 Å². The lowest BCUT2D eigenvalue weighted by atomic mass is 9.68. The lowest BCUT2D eigenvalue weighted by molar-refractivity contribution is -0.141. The van der Waals surface area contributed by atoms with Gasteiger partial charge in [0.05, 0.1) is 0 Å². The summed E-state index contributed by atoms with van der Waals surface area (Å²) >= 11 is 0. The van der Waals surface area contributed by atoms with E-state index in [1.807, 2.05) is 0 Å². The van der Waals surface area contributed by atoms with Crippen LogP contribution in [0.5, 0.6) is 0 Å². The summed E-state index contributed by atoms with van der Waals surface area (Å²) < 4.78 is 37.7. The Bertz CT molecular complexity index is 536. The third kappa shape index (κ3) is 5.23. The highest BCUT2D eigenvalue weighted by Gasteiger charge is 2.32. The van der Waals surface area contributed by atoms with Crippen LogP contribution in [-0.2, 0) is 12.6 Å². The SMILES string of the molecule is CC[C@H]1CC[C@H]([C@H]2CC[C@H](CCc3ccc(C(F)(F)F)nc3)CC2)CC1. The number of pyridine rings is 1. The van der Waals surface area contributed by atoms with E-state index in [1.165, 1.54) is 64.0 Å². The van der Waals surface area contributed by atoms with Gasteiger partial charge in [0.25, 0.3) is 0 Å². The van der Waals surface area contributed by atoms with Crippen molar-refractivity contribution in [3.8, 4) is 0 Å². The van der Waals surface area contributed by atoms with Gasteiger partial charge in [0.1, 0.15) is 5.69 Å². The highest BCUT2D eigenvalue weighted by molar-refractivity contribution is 5.16. The van der Waals surface area contributed by atoms with E-state index in [-0.39, 0.29) is 0 Å². The van der Waals surface area contributed by atoms with E-state index in [0.717, 1.165) is 48.1 Å². The number of aromatic nitrogens is 1. The second kappa shape index (κ2) is 8.75. The molecule has 4 heteroatoms. The Morgan fingerprint density at radius 3 is 1.92 bits per heavy atom. The van der Waals surface area contributed by atoms with Crippen molar-refractivity contribution in [2.24, 2.45) is 23.7 Å². The van der Waals surface area contributed by atoms with Crippen molar-refractivity contribution in [2.45, 2.75) is 83.7 Å². The lowest BCUT2D eigenvalue weighted by Gasteiger charge is -2.37. The molecule has 1 aromatic heterocycles. The first-order chi connectivity index (χ1) is 12.5. The van der Waals surface area contributed by atoms with E-state index in [4.69, 9.17) is 0 Å². The van der Waals surface area contributed by atoms with Crippen molar-refractivity contribution in [3.63, 3.8) is 0 Å². The molecule has 1 aromatic rings. The number of hydrogen-bond donors (Lipinski definition) is 0. The van der Waals surface area contributed by atoms with Crippen LogP contribution in [0.1, 0.15) is 82.4 Å². The van der Waals surface area contributed by atoms with Crippen LogP contribution in [0.3, 0.4) is 0 Å². The van der Waals surface area contributed by atoms with E-state index < -0.39 is 11.9 Å². The number of halogens is 3. The zero-order chi connectivity index (χ0) is 18.6. The van der Waals surface area contributed by atoms with Gasteiger partial charge in [0, 0.05) is 6.20 Å². The molecule has 0 aromatic carbocycles. The van der Waals surface area contributed by atoms with Crippen LogP contribution in [0.2, 0.25) is 0 Å². The van der Waals surface area contributed by atoms with Gasteiger partial charge < -0.3 is 0 Å². The zero-order valence-electron chi connectivity index (χ0n) is 15.9. The van der Waals surface area contributed by atoms with E-state index in [1.54, 1.807) is 6.07 Å². The predicted octanol–water partition coefficient (Wildman–Crippen LogP) is 7.06. The normalized spacial score (nSPS) is 30.3. The Balaban J connectivity index is 1.39.